The van der Waals surface area contributed by atoms with Crippen LogP contribution in [0.2, 0.25) is 0 Å². The molecular weight excluding hydrogens is 252 g/mol. The van der Waals surface area contributed by atoms with E-state index in [2.05, 4.69) is 19.9 Å². The molecule has 0 amide bonds. The highest BCUT2D eigenvalue weighted by Crippen LogP contribution is 2.28. The van der Waals surface area contributed by atoms with Crippen LogP contribution < -0.4 is 4.74 Å². The van der Waals surface area contributed by atoms with Crippen LogP contribution in [0.3, 0.4) is 0 Å². The quantitative estimate of drug-likeness (QED) is 0.702. The van der Waals surface area contributed by atoms with Crippen molar-refractivity contribution in [2.24, 2.45) is 5.92 Å². The lowest BCUT2D eigenvalue weighted by atomic mass is 9.98. The maximum absolute atomic E-state index is 11.5. The molecule has 0 unspecified atom stereocenters. The van der Waals surface area contributed by atoms with E-state index in [4.69, 9.17) is 9.47 Å². The van der Waals surface area contributed by atoms with Crippen LogP contribution in [-0.4, -0.2) is 18.7 Å². The third kappa shape index (κ3) is 4.87. The van der Waals surface area contributed by atoms with Gasteiger partial charge in [0.05, 0.1) is 5.92 Å². The van der Waals surface area contributed by atoms with Crippen molar-refractivity contribution in [2.75, 3.05) is 6.61 Å². The van der Waals surface area contributed by atoms with Crippen LogP contribution in [0, 0.1) is 5.92 Å². The number of benzene rings is 1. The van der Waals surface area contributed by atoms with E-state index in [1.54, 1.807) is 0 Å². The van der Waals surface area contributed by atoms with E-state index < -0.39 is 0 Å². The maximum atomic E-state index is 11.5. The molecular formula is C17H26O3. The van der Waals surface area contributed by atoms with Gasteiger partial charge >= 0.3 is 5.97 Å². The van der Waals surface area contributed by atoms with Gasteiger partial charge in [0.25, 0.3) is 0 Å². The molecule has 0 spiro atoms. The summed E-state index contributed by atoms with van der Waals surface area (Å²) in [6, 6.07) is 8.05. The lowest BCUT2D eigenvalue weighted by Gasteiger charge is -2.19. The largest absolute Gasteiger partial charge is 0.489 e. The summed E-state index contributed by atoms with van der Waals surface area (Å²) >= 11 is 0. The van der Waals surface area contributed by atoms with Crippen molar-refractivity contribution < 1.29 is 14.3 Å². The fraction of sp³-hybridized carbons (Fsp3) is 0.588. The van der Waals surface area contributed by atoms with Crippen molar-refractivity contribution in [1.29, 1.82) is 0 Å². The van der Waals surface area contributed by atoms with Gasteiger partial charge in [-0.25, -0.2) is 0 Å². The predicted molar refractivity (Wildman–Crippen MR) is 81.0 cm³/mol. The van der Waals surface area contributed by atoms with Crippen LogP contribution in [0.15, 0.2) is 24.3 Å². The Morgan fingerprint density at radius 1 is 1.15 bits per heavy atom. The molecule has 0 aromatic heterocycles. The second-order valence-corrected chi connectivity index (χ2v) is 5.56. The topological polar surface area (TPSA) is 35.5 Å². The van der Waals surface area contributed by atoms with Crippen LogP contribution in [0.5, 0.6) is 5.75 Å². The number of hydrogen-bond acceptors (Lipinski definition) is 3. The van der Waals surface area contributed by atoms with Crippen LogP contribution in [0.4, 0.5) is 0 Å². The second kappa shape index (κ2) is 7.93. The molecule has 0 aliphatic carbocycles. The molecule has 1 aromatic carbocycles. The standard InChI is InChI=1S/C17H26O3/c1-6-13(4)15-9-7-8-10-16(15)19-11-14(5)20-17(18)12(2)3/h7-10,12-14H,6,11H2,1-5H3/t13-,14+/m0/s1. The van der Waals surface area contributed by atoms with E-state index in [0.717, 1.165) is 12.2 Å². The van der Waals surface area contributed by atoms with Crippen LogP contribution >= 0.6 is 0 Å². The summed E-state index contributed by atoms with van der Waals surface area (Å²) in [5, 5.41) is 0. The van der Waals surface area contributed by atoms with E-state index >= 15 is 0 Å². The molecule has 20 heavy (non-hydrogen) atoms. The molecule has 0 aliphatic rings. The lowest BCUT2D eigenvalue weighted by Crippen LogP contribution is -2.24. The molecule has 0 radical (unpaired) electrons. The number of esters is 1. The van der Waals surface area contributed by atoms with Crippen molar-refractivity contribution in [3.8, 4) is 5.75 Å². The Morgan fingerprint density at radius 3 is 2.40 bits per heavy atom. The predicted octanol–water partition coefficient (Wildman–Crippen LogP) is 4.17. The third-order valence-electron chi connectivity index (χ3n) is 3.32. The molecule has 0 saturated carbocycles. The zero-order valence-corrected chi connectivity index (χ0v) is 13.2. The van der Waals surface area contributed by atoms with Gasteiger partial charge in [0.15, 0.2) is 0 Å². The summed E-state index contributed by atoms with van der Waals surface area (Å²) in [7, 11) is 0. The number of carbonyl (C=O) groups excluding carboxylic acids is 1. The van der Waals surface area contributed by atoms with Gasteiger partial charge in [-0.15, -0.1) is 0 Å². The van der Waals surface area contributed by atoms with Gasteiger partial charge in [-0.3, -0.25) is 4.79 Å². The molecule has 2 atom stereocenters. The summed E-state index contributed by atoms with van der Waals surface area (Å²) < 4.78 is 11.1. The first-order valence-corrected chi connectivity index (χ1v) is 7.37. The summed E-state index contributed by atoms with van der Waals surface area (Å²) in [5.74, 6) is 1.05. The fourth-order valence-corrected chi connectivity index (χ4v) is 1.81. The Morgan fingerprint density at radius 2 is 1.80 bits per heavy atom. The fourth-order valence-electron chi connectivity index (χ4n) is 1.81. The molecule has 3 nitrogen and oxygen atoms in total. The average Bonchev–Trinajstić information content (AvgIpc) is 2.44. The minimum Gasteiger partial charge on any atom is -0.489 e. The van der Waals surface area contributed by atoms with Crippen LogP contribution in [0.1, 0.15) is 52.5 Å². The SMILES string of the molecule is CC[C@H](C)c1ccccc1OC[C@@H](C)OC(=O)C(C)C. The summed E-state index contributed by atoms with van der Waals surface area (Å²) in [5.41, 5.74) is 1.21. The molecule has 0 bridgehead atoms. The smallest absolute Gasteiger partial charge is 0.308 e. The van der Waals surface area contributed by atoms with Crippen molar-refractivity contribution >= 4 is 5.97 Å². The Bertz CT molecular complexity index is 426. The van der Waals surface area contributed by atoms with Crippen LogP contribution in [-0.2, 0) is 9.53 Å². The van der Waals surface area contributed by atoms with E-state index in [1.807, 2.05) is 39.0 Å². The molecule has 1 rings (SSSR count). The minimum absolute atomic E-state index is 0.107. The zero-order chi connectivity index (χ0) is 15.1. The molecule has 0 saturated heterocycles. The first-order chi connectivity index (χ1) is 9.45. The highest BCUT2D eigenvalue weighted by molar-refractivity contribution is 5.71. The summed E-state index contributed by atoms with van der Waals surface area (Å²) in [4.78, 5) is 11.5. The Labute approximate surface area is 122 Å². The molecule has 0 N–H and O–H groups in total. The van der Waals surface area contributed by atoms with Gasteiger partial charge < -0.3 is 9.47 Å². The number of ether oxygens (including phenoxy) is 2. The van der Waals surface area contributed by atoms with Gasteiger partial charge in [0.2, 0.25) is 0 Å². The Balaban J connectivity index is 2.59. The van der Waals surface area contributed by atoms with E-state index in [-0.39, 0.29) is 18.0 Å². The van der Waals surface area contributed by atoms with E-state index in [0.29, 0.717) is 12.5 Å². The maximum Gasteiger partial charge on any atom is 0.308 e. The van der Waals surface area contributed by atoms with E-state index in [9.17, 15) is 4.79 Å². The lowest BCUT2D eigenvalue weighted by molar-refractivity contribution is -0.153. The highest BCUT2D eigenvalue weighted by Gasteiger charge is 2.15. The van der Waals surface area contributed by atoms with Gasteiger partial charge in [-0.05, 0) is 30.9 Å². The van der Waals surface area contributed by atoms with Gasteiger partial charge in [0.1, 0.15) is 18.5 Å². The third-order valence-corrected chi connectivity index (χ3v) is 3.32. The van der Waals surface area contributed by atoms with Crippen molar-refractivity contribution in [3.05, 3.63) is 29.8 Å². The van der Waals surface area contributed by atoms with Gasteiger partial charge in [0, 0.05) is 0 Å². The monoisotopic (exact) mass is 278 g/mol. The Kier molecular flexibility index (Phi) is 6.56. The number of carbonyl (C=O) groups is 1. The van der Waals surface area contributed by atoms with Gasteiger partial charge in [-0.1, -0.05) is 45.9 Å². The first-order valence-electron chi connectivity index (χ1n) is 7.37. The molecule has 1 aromatic rings. The zero-order valence-electron chi connectivity index (χ0n) is 13.2. The number of rotatable bonds is 7. The Hall–Kier alpha value is -1.51. The molecule has 112 valence electrons. The number of hydrogen-bond donors (Lipinski definition) is 0. The average molecular weight is 278 g/mol. The van der Waals surface area contributed by atoms with E-state index in [1.165, 1.54) is 5.56 Å². The number of para-hydroxylation sites is 1. The molecule has 0 aliphatic heterocycles. The van der Waals surface area contributed by atoms with Crippen molar-refractivity contribution in [2.45, 2.75) is 53.1 Å². The molecule has 0 heterocycles. The van der Waals surface area contributed by atoms with Crippen molar-refractivity contribution in [3.63, 3.8) is 0 Å². The first kappa shape index (κ1) is 16.5. The molecule has 3 heteroatoms. The van der Waals surface area contributed by atoms with Crippen LogP contribution in [0.25, 0.3) is 0 Å². The summed E-state index contributed by atoms with van der Waals surface area (Å²) in [6.07, 6.45) is 0.827. The van der Waals surface area contributed by atoms with Gasteiger partial charge in [-0.2, -0.15) is 0 Å². The normalized spacial score (nSPS) is 13.9. The second-order valence-electron chi connectivity index (χ2n) is 5.56. The highest BCUT2D eigenvalue weighted by atomic mass is 16.6. The summed E-state index contributed by atoms with van der Waals surface area (Å²) in [6.45, 7) is 10.2. The van der Waals surface area contributed by atoms with Crippen molar-refractivity contribution in [1.82, 2.24) is 0 Å². The molecule has 0 fully saturated rings. The minimum atomic E-state index is -0.241.